The van der Waals surface area contributed by atoms with Gasteiger partial charge in [0, 0.05) is 0 Å². The van der Waals surface area contributed by atoms with Crippen molar-refractivity contribution < 1.29 is 37.4 Å². The van der Waals surface area contributed by atoms with E-state index in [1.807, 2.05) is 0 Å². The average Bonchev–Trinajstić information content (AvgIpc) is 3.17. The molecule has 0 amide bonds. The maximum absolute atomic E-state index is 6.42. The maximum Gasteiger partial charge on any atom is -1.00 e. The molecule has 0 bridgehead atoms. The Hall–Kier alpha value is -0.947. The summed E-state index contributed by atoms with van der Waals surface area (Å²) in [5, 5.41) is 0. The molecular formula is C20H19ClOZr. The van der Waals surface area contributed by atoms with Crippen LogP contribution in [0.5, 0.6) is 0 Å². The largest absolute Gasteiger partial charge is 1.00 e. The van der Waals surface area contributed by atoms with E-state index in [9.17, 15) is 0 Å². The maximum atomic E-state index is 6.42. The van der Waals surface area contributed by atoms with Crippen LogP contribution in [0.1, 0.15) is 36.4 Å². The van der Waals surface area contributed by atoms with Crippen molar-refractivity contribution in [3.05, 3.63) is 82.9 Å². The number of allylic oxidation sites excluding steroid dienone is 2. The molecule has 1 nitrogen and oxygen atoms in total. The number of rotatable bonds is 4. The van der Waals surface area contributed by atoms with Gasteiger partial charge in [-0.3, -0.25) is 0 Å². The summed E-state index contributed by atoms with van der Waals surface area (Å²) in [5.74, 6) is 0. The second-order valence-electron chi connectivity index (χ2n) is 5.77. The first-order chi connectivity index (χ1) is 10.9. The Labute approximate surface area is 152 Å². The van der Waals surface area contributed by atoms with Gasteiger partial charge in [0.05, 0.1) is 0 Å². The third kappa shape index (κ3) is 3.05. The minimum absolute atomic E-state index is 0. The minimum Gasteiger partial charge on any atom is -1.00 e. The number of hydrogen-bond acceptors (Lipinski definition) is 1. The zero-order valence-corrected chi connectivity index (χ0v) is 16.3. The Morgan fingerprint density at radius 3 is 1.78 bits per heavy atom. The van der Waals surface area contributed by atoms with Crippen LogP contribution >= 0.6 is 0 Å². The van der Waals surface area contributed by atoms with E-state index in [0.717, 1.165) is 6.61 Å². The molecular weight excluding hydrogens is 383 g/mol. The Morgan fingerprint density at radius 1 is 0.826 bits per heavy atom. The van der Waals surface area contributed by atoms with Gasteiger partial charge in [-0.2, -0.15) is 0 Å². The van der Waals surface area contributed by atoms with E-state index in [0.29, 0.717) is 7.25 Å². The van der Waals surface area contributed by atoms with Crippen LogP contribution in [-0.2, 0) is 25.0 Å². The van der Waals surface area contributed by atoms with Crippen LogP contribution in [0, 0.1) is 0 Å². The first-order valence-corrected chi connectivity index (χ1v) is 11.8. The predicted molar refractivity (Wildman–Crippen MR) is 88.1 cm³/mol. The Kier molecular flexibility index (Phi) is 5.36. The van der Waals surface area contributed by atoms with Crippen molar-refractivity contribution in [3.8, 4) is 0 Å². The third-order valence-corrected chi connectivity index (χ3v) is 11.5. The molecule has 0 heterocycles. The van der Waals surface area contributed by atoms with Crippen LogP contribution in [0.4, 0.5) is 0 Å². The molecule has 2 aliphatic carbocycles. The van der Waals surface area contributed by atoms with Gasteiger partial charge in [-0.25, -0.2) is 0 Å². The number of hydrogen-bond donors (Lipinski definition) is 0. The Balaban J connectivity index is 0.00000156. The summed E-state index contributed by atoms with van der Waals surface area (Å²) in [5.41, 5.74) is 5.70. The fraction of sp³-hybridized carbons (Fsp3) is 0.200. The second-order valence-corrected chi connectivity index (χ2v) is 11.5. The van der Waals surface area contributed by atoms with Gasteiger partial charge in [0.25, 0.3) is 0 Å². The van der Waals surface area contributed by atoms with Gasteiger partial charge in [-0.1, -0.05) is 0 Å². The van der Waals surface area contributed by atoms with Gasteiger partial charge in [0.1, 0.15) is 0 Å². The van der Waals surface area contributed by atoms with Crippen molar-refractivity contribution >= 4 is 12.2 Å². The molecule has 0 fully saturated rings. The number of halogens is 1. The topological polar surface area (TPSA) is 9.23 Å². The summed E-state index contributed by atoms with van der Waals surface area (Å²) < 4.78 is 7.47. The van der Waals surface area contributed by atoms with E-state index in [1.54, 1.807) is 0 Å². The molecule has 116 valence electrons. The summed E-state index contributed by atoms with van der Waals surface area (Å²) in [6.45, 7) is 2.96. The molecule has 2 unspecified atom stereocenters. The molecule has 2 atom stereocenters. The molecule has 0 saturated carbocycles. The Morgan fingerprint density at radius 2 is 1.30 bits per heavy atom. The molecule has 0 aromatic heterocycles. The summed E-state index contributed by atoms with van der Waals surface area (Å²) >= 11 is -2.17. The third-order valence-electron chi connectivity index (χ3n) is 4.52. The van der Waals surface area contributed by atoms with Crippen molar-refractivity contribution in [1.82, 2.24) is 0 Å². The van der Waals surface area contributed by atoms with Gasteiger partial charge in [0.15, 0.2) is 0 Å². The van der Waals surface area contributed by atoms with E-state index in [4.69, 9.17) is 2.81 Å². The quantitative estimate of drug-likeness (QED) is 0.762. The van der Waals surface area contributed by atoms with Crippen LogP contribution in [0.25, 0.3) is 12.2 Å². The van der Waals surface area contributed by atoms with Crippen LogP contribution in [-0.4, -0.2) is 6.61 Å². The summed E-state index contributed by atoms with van der Waals surface area (Å²) in [6, 6.07) is 17.6. The van der Waals surface area contributed by atoms with Gasteiger partial charge in [-0.15, -0.1) is 0 Å². The van der Waals surface area contributed by atoms with E-state index in [1.165, 1.54) is 22.3 Å². The first-order valence-electron chi connectivity index (χ1n) is 7.92. The van der Waals surface area contributed by atoms with Crippen LogP contribution < -0.4 is 12.4 Å². The van der Waals surface area contributed by atoms with Crippen molar-refractivity contribution in [2.45, 2.75) is 14.2 Å². The van der Waals surface area contributed by atoms with E-state index < -0.39 is 22.2 Å². The van der Waals surface area contributed by atoms with E-state index in [-0.39, 0.29) is 12.4 Å². The van der Waals surface area contributed by atoms with Gasteiger partial charge in [0.2, 0.25) is 0 Å². The molecule has 23 heavy (non-hydrogen) atoms. The van der Waals surface area contributed by atoms with Crippen molar-refractivity contribution in [2.24, 2.45) is 0 Å². The fourth-order valence-corrected chi connectivity index (χ4v) is 10.4. The second kappa shape index (κ2) is 7.30. The van der Waals surface area contributed by atoms with Crippen molar-refractivity contribution in [1.29, 1.82) is 0 Å². The summed E-state index contributed by atoms with van der Waals surface area (Å²) in [4.78, 5) is 0. The zero-order chi connectivity index (χ0) is 14.9. The molecule has 4 rings (SSSR count). The van der Waals surface area contributed by atoms with E-state index in [2.05, 4.69) is 79.8 Å². The smallest absolute Gasteiger partial charge is 1.00 e. The molecule has 0 spiro atoms. The van der Waals surface area contributed by atoms with Crippen molar-refractivity contribution in [3.63, 3.8) is 0 Å². The predicted octanol–water partition coefficient (Wildman–Crippen LogP) is 2.10. The number of fused-ring (bicyclic) bond motifs is 2. The first kappa shape index (κ1) is 16.9. The van der Waals surface area contributed by atoms with Crippen LogP contribution in [0.2, 0.25) is 0 Å². The molecule has 0 radical (unpaired) electrons. The molecule has 2 aliphatic rings. The standard InChI is InChI=1S/2C9H7.C2H5O.ClH.Zr/c2*1-2-5-9-7-3-6-8(9)4-1;1-2-3;;/h2*1-7H;2H2,1H3;1H;/q;;-1;;+2/p-1. The molecule has 0 N–H and O–H groups in total. The van der Waals surface area contributed by atoms with Gasteiger partial charge >= 0.3 is 141 Å². The normalized spacial score (nSPS) is 20.0. The zero-order valence-electron chi connectivity index (χ0n) is 13.1. The van der Waals surface area contributed by atoms with Crippen LogP contribution in [0.3, 0.4) is 0 Å². The van der Waals surface area contributed by atoms with Gasteiger partial charge in [-0.05, 0) is 0 Å². The fourth-order valence-electron chi connectivity index (χ4n) is 3.53. The molecule has 2 aromatic carbocycles. The summed E-state index contributed by atoms with van der Waals surface area (Å²) in [7, 11) is 0. The molecule has 3 heteroatoms. The molecule has 2 aromatic rings. The average molecular weight is 402 g/mol. The van der Waals surface area contributed by atoms with Crippen LogP contribution in [0.15, 0.2) is 60.7 Å². The van der Waals surface area contributed by atoms with E-state index >= 15 is 0 Å². The molecule has 0 saturated heterocycles. The molecule has 0 aliphatic heterocycles. The summed E-state index contributed by atoms with van der Waals surface area (Å²) in [6.07, 6.45) is 9.35. The monoisotopic (exact) mass is 400 g/mol. The van der Waals surface area contributed by atoms with Gasteiger partial charge < -0.3 is 12.4 Å². The minimum atomic E-state index is -2.17. The SMILES string of the molecule is CC[O][Zr+]([CH]1C=Cc2ccccc21)[CH]1C=Cc2ccccc21.[Cl-]. The Bertz CT molecular complexity index is 691. The number of benzene rings is 2. The van der Waals surface area contributed by atoms with Crippen molar-refractivity contribution in [2.75, 3.05) is 6.61 Å².